The van der Waals surface area contributed by atoms with Gasteiger partial charge in [-0.05, 0) is 32.9 Å². The quantitative estimate of drug-likeness (QED) is 0.670. The second kappa shape index (κ2) is 8.03. The number of esters is 1. The molecule has 2 amide bonds. The first-order valence-corrected chi connectivity index (χ1v) is 9.75. The Balaban J connectivity index is 1.72. The molecule has 154 valence electrons. The van der Waals surface area contributed by atoms with E-state index in [-0.39, 0.29) is 31.2 Å². The van der Waals surface area contributed by atoms with Crippen molar-refractivity contribution in [3.05, 3.63) is 23.2 Å². The van der Waals surface area contributed by atoms with Crippen LogP contribution in [0.15, 0.2) is 17.5 Å². The van der Waals surface area contributed by atoms with Crippen molar-refractivity contribution in [1.82, 2.24) is 9.97 Å². The first kappa shape index (κ1) is 20.5. The Labute approximate surface area is 171 Å². The van der Waals surface area contributed by atoms with Crippen LogP contribution in [0.5, 0.6) is 5.75 Å². The van der Waals surface area contributed by atoms with Crippen LogP contribution in [0.1, 0.15) is 26.5 Å². The van der Waals surface area contributed by atoms with Crippen LogP contribution in [-0.4, -0.2) is 46.5 Å². The molecule has 1 aliphatic rings. The molecule has 0 aromatic carbocycles. The highest BCUT2D eigenvalue weighted by atomic mass is 32.1. The fraction of sp³-hybridized carbons (Fsp3) is 0.389. The van der Waals surface area contributed by atoms with Gasteiger partial charge in [-0.15, -0.1) is 11.3 Å². The third-order valence-electron chi connectivity index (χ3n) is 3.97. The summed E-state index contributed by atoms with van der Waals surface area (Å²) in [6.07, 6.45) is 0.0208. The minimum absolute atomic E-state index is 0.0208. The largest absolute Gasteiger partial charge is 0.474 e. The van der Waals surface area contributed by atoms with Crippen molar-refractivity contribution in [1.29, 1.82) is 0 Å². The molecule has 0 unspecified atom stereocenters. The van der Waals surface area contributed by atoms with Gasteiger partial charge in [0.05, 0.1) is 18.7 Å². The van der Waals surface area contributed by atoms with E-state index in [0.29, 0.717) is 16.6 Å². The summed E-state index contributed by atoms with van der Waals surface area (Å²) in [5, 5.41) is 4.61. The van der Waals surface area contributed by atoms with E-state index in [9.17, 15) is 14.4 Å². The topological polar surface area (TPSA) is 137 Å². The van der Waals surface area contributed by atoms with Crippen LogP contribution >= 0.6 is 11.3 Å². The number of nitrogens with two attached hydrogens (primary N) is 1. The Bertz CT molecular complexity index is 958. The fourth-order valence-electron chi connectivity index (χ4n) is 2.72. The average molecular weight is 419 g/mol. The first-order chi connectivity index (χ1) is 13.7. The molecule has 0 saturated carbocycles. The fourth-order valence-corrected chi connectivity index (χ4v) is 3.44. The lowest BCUT2D eigenvalue weighted by Gasteiger charge is -2.37. The number of nitrogens with one attached hydrogen (secondary N) is 1. The summed E-state index contributed by atoms with van der Waals surface area (Å²) in [4.78, 5) is 46.4. The third kappa shape index (κ3) is 4.62. The van der Waals surface area contributed by atoms with Crippen LogP contribution in [0.3, 0.4) is 0 Å². The molecule has 0 atom stereocenters. The maximum Gasteiger partial charge on any atom is 0.311 e. The maximum atomic E-state index is 12.8. The number of anilines is 3. The molecule has 0 saturated heterocycles. The van der Waals surface area contributed by atoms with Crippen LogP contribution in [0.2, 0.25) is 0 Å². The summed E-state index contributed by atoms with van der Waals surface area (Å²) in [6, 6.07) is 3.17. The number of hydrogen-bond acceptors (Lipinski definition) is 9. The van der Waals surface area contributed by atoms with Gasteiger partial charge < -0.3 is 20.5 Å². The maximum absolute atomic E-state index is 12.8. The van der Waals surface area contributed by atoms with Gasteiger partial charge in [-0.2, -0.15) is 0 Å². The Morgan fingerprint density at radius 1 is 1.34 bits per heavy atom. The van der Waals surface area contributed by atoms with Crippen molar-refractivity contribution >= 4 is 45.9 Å². The molecule has 0 radical (unpaired) electrons. The number of aromatic nitrogens is 2. The molecule has 3 heterocycles. The highest BCUT2D eigenvalue weighted by molar-refractivity contribution is 7.13. The summed E-state index contributed by atoms with van der Waals surface area (Å²) in [6.45, 7) is 4.95. The van der Waals surface area contributed by atoms with Gasteiger partial charge in [0.1, 0.15) is 12.4 Å². The molecule has 2 aromatic rings. The van der Waals surface area contributed by atoms with E-state index in [1.54, 1.807) is 38.3 Å². The molecule has 0 aliphatic carbocycles. The van der Waals surface area contributed by atoms with Crippen LogP contribution in [0.25, 0.3) is 0 Å². The normalized spacial score (nSPS) is 14.7. The minimum atomic E-state index is -1.15. The van der Waals surface area contributed by atoms with Crippen LogP contribution in [0.4, 0.5) is 16.8 Å². The third-order valence-corrected chi connectivity index (χ3v) is 4.78. The summed E-state index contributed by atoms with van der Waals surface area (Å²) >= 11 is 1.17. The summed E-state index contributed by atoms with van der Waals surface area (Å²) < 4.78 is 10.6. The Hall–Kier alpha value is -3.21. The van der Waals surface area contributed by atoms with E-state index >= 15 is 0 Å². The first-order valence-electron chi connectivity index (χ1n) is 8.87. The van der Waals surface area contributed by atoms with Gasteiger partial charge in [0.25, 0.3) is 5.91 Å². The van der Waals surface area contributed by atoms with Crippen LogP contribution in [0, 0.1) is 0 Å². The molecule has 0 spiro atoms. The van der Waals surface area contributed by atoms with Gasteiger partial charge in [-0.25, -0.2) is 9.97 Å². The van der Waals surface area contributed by atoms with E-state index in [2.05, 4.69) is 15.3 Å². The Morgan fingerprint density at radius 3 is 2.83 bits per heavy atom. The number of rotatable bonds is 6. The number of pyridine rings is 1. The van der Waals surface area contributed by atoms with Gasteiger partial charge in [-0.1, -0.05) is 0 Å². The van der Waals surface area contributed by atoms with Gasteiger partial charge in [0.15, 0.2) is 22.3 Å². The van der Waals surface area contributed by atoms with E-state index in [1.807, 2.05) is 0 Å². The number of nitrogens with zero attached hydrogens (tertiary/aromatic N) is 3. The zero-order chi connectivity index (χ0) is 21.2. The lowest BCUT2D eigenvalue weighted by atomic mass is 10.1. The summed E-state index contributed by atoms with van der Waals surface area (Å²) in [7, 11) is 0. The smallest absolute Gasteiger partial charge is 0.311 e. The number of ether oxygens (including phenoxy) is 2. The van der Waals surface area contributed by atoms with Gasteiger partial charge >= 0.3 is 5.97 Å². The molecular weight excluding hydrogens is 398 g/mol. The Kier molecular flexibility index (Phi) is 5.69. The van der Waals surface area contributed by atoms with Crippen LogP contribution in [-0.2, 0) is 25.5 Å². The number of hydrogen-bond donors (Lipinski definition) is 2. The van der Waals surface area contributed by atoms with Crippen molar-refractivity contribution in [2.24, 2.45) is 0 Å². The number of nitrogen functional groups attached to an aromatic ring is 1. The number of fused-ring (bicyclic) bond motifs is 1. The van der Waals surface area contributed by atoms with Crippen molar-refractivity contribution in [3.8, 4) is 5.75 Å². The van der Waals surface area contributed by atoms with E-state index < -0.39 is 23.4 Å². The molecule has 3 N–H and O–H groups in total. The second-order valence-corrected chi connectivity index (χ2v) is 7.59. The number of carbonyl (C=O) groups excluding carboxylic acids is 3. The zero-order valence-electron chi connectivity index (χ0n) is 16.2. The lowest BCUT2D eigenvalue weighted by Crippen LogP contribution is -2.54. The molecular formula is C18H21N5O5S. The standard InChI is InChI=1S/C18H21N5O5S/c1-4-27-14(25)7-10-9-29-17(20-10)22-13(24)8-23-15-11(5-6-12(19)21-15)28-18(2,3)16(23)26/h5-6,9H,4,7-8H2,1-3H3,(H2,19,21)(H,20,22,24). The predicted molar refractivity (Wildman–Crippen MR) is 107 cm³/mol. The van der Waals surface area contributed by atoms with Gasteiger partial charge in [-0.3, -0.25) is 19.3 Å². The van der Waals surface area contributed by atoms with Crippen molar-refractivity contribution in [2.75, 3.05) is 29.1 Å². The zero-order valence-corrected chi connectivity index (χ0v) is 17.0. The SMILES string of the molecule is CCOC(=O)Cc1csc(NC(=O)CN2C(=O)C(C)(C)Oc3ccc(N)nc32)n1. The highest BCUT2D eigenvalue weighted by Crippen LogP contribution is 2.36. The monoisotopic (exact) mass is 419 g/mol. The molecule has 0 bridgehead atoms. The molecule has 3 rings (SSSR count). The molecule has 29 heavy (non-hydrogen) atoms. The lowest BCUT2D eigenvalue weighted by molar-refractivity contribution is -0.142. The predicted octanol–water partition coefficient (Wildman–Crippen LogP) is 1.37. The number of thiazole rings is 1. The van der Waals surface area contributed by atoms with E-state index in [0.717, 1.165) is 0 Å². The minimum Gasteiger partial charge on any atom is -0.474 e. The van der Waals surface area contributed by atoms with E-state index in [1.165, 1.54) is 16.2 Å². The van der Waals surface area contributed by atoms with E-state index in [4.69, 9.17) is 15.2 Å². The van der Waals surface area contributed by atoms with Crippen molar-refractivity contribution in [2.45, 2.75) is 32.8 Å². The van der Waals surface area contributed by atoms with Gasteiger partial charge in [0, 0.05) is 5.38 Å². The number of amides is 2. The second-order valence-electron chi connectivity index (χ2n) is 6.74. The molecule has 10 nitrogen and oxygen atoms in total. The number of carbonyl (C=O) groups is 3. The highest BCUT2D eigenvalue weighted by Gasteiger charge is 2.42. The summed E-state index contributed by atoms with van der Waals surface area (Å²) in [5.41, 5.74) is 5.06. The van der Waals surface area contributed by atoms with Gasteiger partial charge in [0.2, 0.25) is 5.91 Å². The van der Waals surface area contributed by atoms with Crippen molar-refractivity contribution < 1.29 is 23.9 Å². The molecule has 2 aromatic heterocycles. The average Bonchev–Trinajstić information content (AvgIpc) is 3.06. The molecule has 11 heteroatoms. The van der Waals surface area contributed by atoms with Crippen LogP contribution < -0.4 is 20.7 Å². The van der Waals surface area contributed by atoms with Crippen molar-refractivity contribution in [3.63, 3.8) is 0 Å². The molecule has 0 fully saturated rings. The summed E-state index contributed by atoms with van der Waals surface area (Å²) in [5.74, 6) is -0.524. The molecule has 1 aliphatic heterocycles. The Morgan fingerprint density at radius 2 is 2.10 bits per heavy atom.